The zero-order valence-corrected chi connectivity index (χ0v) is 8.39. The fourth-order valence-corrected chi connectivity index (χ4v) is 1.33. The third-order valence-electron chi connectivity index (χ3n) is 2.07. The summed E-state index contributed by atoms with van der Waals surface area (Å²) in [6, 6.07) is 17.6. The van der Waals surface area contributed by atoms with Gasteiger partial charge in [-0.05, 0) is 29.8 Å². The van der Waals surface area contributed by atoms with Crippen LogP contribution >= 0.6 is 0 Å². The van der Waals surface area contributed by atoms with Crippen LogP contribution in [0.2, 0.25) is 0 Å². The van der Waals surface area contributed by atoms with E-state index in [1.54, 1.807) is 6.08 Å². The maximum atomic E-state index is 5.67. The Hall–Kier alpha value is -2.02. The molecule has 0 spiro atoms. The number of hydrogen-bond acceptors (Lipinski definition) is 1. The second kappa shape index (κ2) is 4.47. The van der Waals surface area contributed by atoms with Gasteiger partial charge < -0.3 is 4.74 Å². The second-order valence-electron chi connectivity index (χ2n) is 3.19. The van der Waals surface area contributed by atoms with Crippen LogP contribution in [-0.2, 0) is 0 Å². The second-order valence-corrected chi connectivity index (χ2v) is 3.19. The van der Waals surface area contributed by atoms with Gasteiger partial charge in [0.2, 0.25) is 0 Å². The molecule has 0 aromatic heterocycles. The molecule has 0 heterocycles. The van der Waals surface area contributed by atoms with Crippen molar-refractivity contribution in [2.24, 2.45) is 0 Å². The monoisotopic (exact) mass is 196 g/mol. The summed E-state index contributed by atoms with van der Waals surface area (Å²) in [6.07, 6.45) is 1.80. The highest BCUT2D eigenvalue weighted by molar-refractivity contribution is 5.50. The predicted octanol–water partition coefficient (Wildman–Crippen LogP) is 4.12. The Kier molecular flexibility index (Phi) is 2.84. The normalized spacial score (nSPS) is 9.60. The van der Waals surface area contributed by atoms with Crippen molar-refractivity contribution in [2.75, 3.05) is 0 Å². The number of hydrogen-bond donors (Lipinski definition) is 0. The standard InChI is InChI=1S/C14H12O/c1-2-12-7-6-10-14(11-12)15-13-8-4-3-5-9-13/h2-11H,1H2. The smallest absolute Gasteiger partial charge is 0.128 e. The van der Waals surface area contributed by atoms with E-state index in [1.807, 2.05) is 54.6 Å². The summed E-state index contributed by atoms with van der Waals surface area (Å²) in [7, 11) is 0. The first-order valence-corrected chi connectivity index (χ1v) is 4.84. The first kappa shape index (κ1) is 9.53. The van der Waals surface area contributed by atoms with Crippen LogP contribution in [0.1, 0.15) is 5.56 Å². The molecule has 0 saturated heterocycles. The van der Waals surface area contributed by atoms with E-state index >= 15 is 0 Å². The number of para-hydroxylation sites is 1. The van der Waals surface area contributed by atoms with Crippen molar-refractivity contribution < 1.29 is 4.74 Å². The highest BCUT2D eigenvalue weighted by Crippen LogP contribution is 2.21. The number of rotatable bonds is 3. The first-order valence-electron chi connectivity index (χ1n) is 4.84. The molecule has 74 valence electrons. The van der Waals surface area contributed by atoms with E-state index in [2.05, 4.69) is 6.58 Å². The Balaban J connectivity index is 2.21. The number of ether oxygens (including phenoxy) is 1. The molecule has 1 heteroatoms. The van der Waals surface area contributed by atoms with Crippen LogP contribution in [0.4, 0.5) is 0 Å². The van der Waals surface area contributed by atoms with E-state index in [9.17, 15) is 0 Å². The first-order chi connectivity index (χ1) is 7.38. The van der Waals surface area contributed by atoms with E-state index < -0.39 is 0 Å². The minimum atomic E-state index is 0.832. The molecule has 0 fully saturated rings. The summed E-state index contributed by atoms with van der Waals surface area (Å²) in [6.45, 7) is 3.72. The zero-order valence-electron chi connectivity index (χ0n) is 8.39. The third-order valence-corrected chi connectivity index (χ3v) is 2.07. The third kappa shape index (κ3) is 2.47. The van der Waals surface area contributed by atoms with Gasteiger partial charge in [0, 0.05) is 0 Å². The maximum absolute atomic E-state index is 5.67. The van der Waals surface area contributed by atoms with Crippen LogP contribution in [0.3, 0.4) is 0 Å². The van der Waals surface area contributed by atoms with E-state index in [-0.39, 0.29) is 0 Å². The highest BCUT2D eigenvalue weighted by atomic mass is 16.5. The molecule has 0 bridgehead atoms. The van der Waals surface area contributed by atoms with Gasteiger partial charge in [-0.25, -0.2) is 0 Å². The molecule has 0 atom stereocenters. The van der Waals surface area contributed by atoms with Crippen molar-refractivity contribution in [1.29, 1.82) is 0 Å². The summed E-state index contributed by atoms with van der Waals surface area (Å²) in [4.78, 5) is 0. The van der Waals surface area contributed by atoms with Gasteiger partial charge in [0.25, 0.3) is 0 Å². The lowest BCUT2D eigenvalue weighted by Gasteiger charge is -2.05. The molecule has 2 rings (SSSR count). The van der Waals surface area contributed by atoms with Crippen molar-refractivity contribution in [3.05, 3.63) is 66.7 Å². The van der Waals surface area contributed by atoms with Gasteiger partial charge >= 0.3 is 0 Å². The molecule has 0 unspecified atom stereocenters. The Labute approximate surface area is 89.6 Å². The summed E-state index contributed by atoms with van der Waals surface area (Å²) in [5.74, 6) is 1.68. The van der Waals surface area contributed by atoms with Gasteiger partial charge in [-0.3, -0.25) is 0 Å². The largest absolute Gasteiger partial charge is 0.457 e. The van der Waals surface area contributed by atoms with Crippen molar-refractivity contribution in [3.63, 3.8) is 0 Å². The molecule has 0 aliphatic rings. The predicted molar refractivity (Wildman–Crippen MR) is 63.0 cm³/mol. The van der Waals surface area contributed by atoms with Gasteiger partial charge in [0.15, 0.2) is 0 Å². The van der Waals surface area contributed by atoms with Gasteiger partial charge in [0.1, 0.15) is 11.5 Å². The fourth-order valence-electron chi connectivity index (χ4n) is 1.33. The Morgan fingerprint density at radius 1 is 0.867 bits per heavy atom. The lowest BCUT2D eigenvalue weighted by Crippen LogP contribution is -1.83. The Bertz CT molecular complexity index is 446. The molecule has 0 amide bonds. The summed E-state index contributed by atoms with van der Waals surface area (Å²) in [5, 5.41) is 0. The van der Waals surface area contributed by atoms with Crippen molar-refractivity contribution >= 4 is 6.08 Å². The quantitative estimate of drug-likeness (QED) is 0.717. The molecular formula is C14H12O. The van der Waals surface area contributed by atoms with Crippen LogP contribution in [0, 0.1) is 0 Å². The fraction of sp³-hybridized carbons (Fsp3) is 0. The van der Waals surface area contributed by atoms with E-state index in [0.29, 0.717) is 0 Å². The molecule has 2 aromatic rings. The zero-order chi connectivity index (χ0) is 10.5. The van der Waals surface area contributed by atoms with Crippen molar-refractivity contribution in [1.82, 2.24) is 0 Å². The lowest BCUT2D eigenvalue weighted by molar-refractivity contribution is 0.482. The molecule has 15 heavy (non-hydrogen) atoms. The van der Waals surface area contributed by atoms with Gasteiger partial charge in [-0.1, -0.05) is 43.0 Å². The molecular weight excluding hydrogens is 184 g/mol. The summed E-state index contributed by atoms with van der Waals surface area (Å²) in [5.41, 5.74) is 1.06. The van der Waals surface area contributed by atoms with Crippen molar-refractivity contribution in [2.45, 2.75) is 0 Å². The average molecular weight is 196 g/mol. The molecule has 2 aromatic carbocycles. The van der Waals surface area contributed by atoms with E-state index in [0.717, 1.165) is 17.1 Å². The molecule has 0 saturated carbocycles. The molecule has 0 aliphatic carbocycles. The van der Waals surface area contributed by atoms with Gasteiger partial charge in [-0.2, -0.15) is 0 Å². The van der Waals surface area contributed by atoms with Gasteiger partial charge in [-0.15, -0.1) is 0 Å². The van der Waals surface area contributed by atoms with Gasteiger partial charge in [0.05, 0.1) is 0 Å². The minimum absolute atomic E-state index is 0.832. The van der Waals surface area contributed by atoms with Crippen LogP contribution in [0.25, 0.3) is 6.08 Å². The van der Waals surface area contributed by atoms with E-state index in [4.69, 9.17) is 4.74 Å². The maximum Gasteiger partial charge on any atom is 0.128 e. The van der Waals surface area contributed by atoms with Crippen LogP contribution in [0.15, 0.2) is 61.2 Å². The Morgan fingerprint density at radius 2 is 1.60 bits per heavy atom. The summed E-state index contributed by atoms with van der Waals surface area (Å²) >= 11 is 0. The highest BCUT2D eigenvalue weighted by Gasteiger charge is 1.95. The molecule has 1 nitrogen and oxygen atoms in total. The summed E-state index contributed by atoms with van der Waals surface area (Å²) < 4.78 is 5.67. The molecule has 0 aliphatic heterocycles. The Morgan fingerprint density at radius 3 is 2.33 bits per heavy atom. The van der Waals surface area contributed by atoms with Crippen LogP contribution in [0.5, 0.6) is 11.5 Å². The van der Waals surface area contributed by atoms with Crippen LogP contribution in [-0.4, -0.2) is 0 Å². The molecule has 0 radical (unpaired) electrons. The molecule has 0 N–H and O–H groups in total. The minimum Gasteiger partial charge on any atom is -0.457 e. The topological polar surface area (TPSA) is 9.23 Å². The van der Waals surface area contributed by atoms with E-state index in [1.165, 1.54) is 0 Å². The lowest BCUT2D eigenvalue weighted by atomic mass is 10.2. The average Bonchev–Trinajstić information content (AvgIpc) is 2.31. The number of benzene rings is 2. The van der Waals surface area contributed by atoms with Crippen LogP contribution < -0.4 is 4.74 Å². The van der Waals surface area contributed by atoms with Crippen molar-refractivity contribution in [3.8, 4) is 11.5 Å². The SMILES string of the molecule is C=Cc1cccc(Oc2ccccc2)c1.